The summed E-state index contributed by atoms with van der Waals surface area (Å²) in [5.41, 5.74) is 4.63. The van der Waals surface area contributed by atoms with Gasteiger partial charge in [0, 0.05) is 56.9 Å². The molecule has 10 heteroatoms. The largest absolute Gasteiger partial charge is 0.416 e. The van der Waals surface area contributed by atoms with Crippen LogP contribution >= 0.6 is 0 Å². The molecule has 0 N–H and O–H groups in total. The van der Waals surface area contributed by atoms with Crippen LogP contribution in [0.2, 0.25) is 0 Å². The number of rotatable bonds is 9. The van der Waals surface area contributed by atoms with E-state index in [4.69, 9.17) is 0 Å². The Kier molecular flexibility index (Phi) is 9.70. The molecule has 0 saturated carbocycles. The molecule has 0 fully saturated rings. The van der Waals surface area contributed by atoms with Crippen LogP contribution in [0.3, 0.4) is 0 Å². The fraction of sp³-hybridized carbons (Fsp3) is 0.184. The van der Waals surface area contributed by atoms with Crippen LogP contribution in [-0.4, -0.2) is 49.2 Å². The molecule has 3 heterocycles. The van der Waals surface area contributed by atoms with Gasteiger partial charge in [0.2, 0.25) is 11.8 Å². The lowest BCUT2D eigenvalue weighted by Gasteiger charge is -2.36. The van der Waals surface area contributed by atoms with Gasteiger partial charge < -0.3 is 9.80 Å². The zero-order chi connectivity index (χ0) is 33.5. The smallest absolute Gasteiger partial charge is 0.336 e. The molecule has 6 rings (SSSR count). The molecular weight excluding hydrogens is 615 g/mol. The highest BCUT2D eigenvalue weighted by Gasteiger charge is 2.35. The monoisotopic (exact) mass is 647 g/mol. The Bertz CT molecular complexity index is 1880. The molecule has 5 aromatic rings. The van der Waals surface area contributed by atoms with Gasteiger partial charge in [-0.2, -0.15) is 13.2 Å². The van der Waals surface area contributed by atoms with E-state index in [1.54, 1.807) is 35.8 Å². The molecule has 7 nitrogen and oxygen atoms in total. The highest BCUT2D eigenvalue weighted by Crippen LogP contribution is 2.29. The van der Waals surface area contributed by atoms with E-state index in [9.17, 15) is 22.8 Å². The lowest BCUT2D eigenvalue weighted by atomic mass is 9.98. The van der Waals surface area contributed by atoms with Gasteiger partial charge in [-0.05, 0) is 76.2 Å². The van der Waals surface area contributed by atoms with Crippen LogP contribution in [0.1, 0.15) is 33.6 Å². The van der Waals surface area contributed by atoms with Crippen molar-refractivity contribution in [1.29, 1.82) is 0 Å². The molecule has 1 aliphatic heterocycles. The van der Waals surface area contributed by atoms with Crippen LogP contribution in [0.5, 0.6) is 0 Å². The Labute approximate surface area is 276 Å². The predicted molar refractivity (Wildman–Crippen MR) is 176 cm³/mol. The number of pyridine rings is 1. The van der Waals surface area contributed by atoms with Gasteiger partial charge in [0.25, 0.3) is 0 Å². The van der Waals surface area contributed by atoms with Gasteiger partial charge in [-0.3, -0.25) is 14.6 Å². The number of benzene rings is 3. The zero-order valence-electron chi connectivity index (χ0n) is 25.9. The second-order valence-electron chi connectivity index (χ2n) is 11.5. The summed E-state index contributed by atoms with van der Waals surface area (Å²) in [6, 6.07) is 24.8. The maximum atomic E-state index is 14.4. The number of carbonyl (C=O) groups excluding carboxylic acids is 2. The van der Waals surface area contributed by atoms with Gasteiger partial charge in [0.1, 0.15) is 11.9 Å². The molecule has 2 amide bonds. The van der Waals surface area contributed by atoms with E-state index < -0.39 is 23.7 Å². The molecule has 2 aromatic heterocycles. The van der Waals surface area contributed by atoms with E-state index in [0.717, 1.165) is 34.4 Å². The summed E-state index contributed by atoms with van der Waals surface area (Å²) in [5, 5.41) is 0. The van der Waals surface area contributed by atoms with Crippen LogP contribution < -0.4 is 0 Å². The maximum absolute atomic E-state index is 14.4. The lowest BCUT2D eigenvalue weighted by Crippen LogP contribution is -2.52. The molecule has 1 atom stereocenters. The Morgan fingerprint density at radius 3 is 2.17 bits per heavy atom. The summed E-state index contributed by atoms with van der Waals surface area (Å²) in [5.74, 6) is -0.299. The first-order chi connectivity index (χ1) is 23.2. The average molecular weight is 648 g/mol. The third-order valence-electron chi connectivity index (χ3n) is 8.36. The van der Waals surface area contributed by atoms with Gasteiger partial charge >= 0.3 is 6.18 Å². The first-order valence-corrected chi connectivity index (χ1v) is 15.5. The van der Waals surface area contributed by atoms with Crippen molar-refractivity contribution in [2.75, 3.05) is 6.54 Å². The van der Waals surface area contributed by atoms with Gasteiger partial charge in [0.15, 0.2) is 0 Å². The van der Waals surface area contributed by atoms with Crippen molar-refractivity contribution in [2.24, 2.45) is 0 Å². The molecule has 0 aliphatic carbocycles. The maximum Gasteiger partial charge on any atom is 0.416 e. The van der Waals surface area contributed by atoms with Gasteiger partial charge in [-0.15, -0.1) is 0 Å². The summed E-state index contributed by atoms with van der Waals surface area (Å²) < 4.78 is 39.4. The standard InChI is InChI=1S/C38H32F3N5O2/c39-38(40,41)33-13-8-27(9-14-33)10-15-36(47)46(25-28-6-11-30(12-7-28)31-16-21-42-22-17-31)34(24-35-43-19-3-20-44-35)37(48)45-23-18-29-4-1-2-5-32(29)26-45/h1-17,19-22,34H,18,23-26H2/b15-10+. The second-order valence-corrected chi connectivity index (χ2v) is 11.5. The summed E-state index contributed by atoms with van der Waals surface area (Å²) in [4.78, 5) is 44.6. The topological polar surface area (TPSA) is 79.3 Å². The van der Waals surface area contributed by atoms with Crippen molar-refractivity contribution in [3.63, 3.8) is 0 Å². The normalized spacial score (nSPS) is 13.6. The van der Waals surface area contributed by atoms with E-state index in [2.05, 4.69) is 21.0 Å². The predicted octanol–water partition coefficient (Wildman–Crippen LogP) is 6.80. The molecule has 0 radical (unpaired) electrons. The van der Waals surface area contributed by atoms with E-state index >= 15 is 0 Å². The Balaban J connectivity index is 1.34. The van der Waals surface area contributed by atoms with Crippen molar-refractivity contribution in [3.8, 4) is 11.1 Å². The molecule has 1 aliphatic rings. The third-order valence-corrected chi connectivity index (χ3v) is 8.36. The lowest BCUT2D eigenvalue weighted by molar-refractivity contribution is -0.144. The van der Waals surface area contributed by atoms with Crippen molar-refractivity contribution in [1.82, 2.24) is 24.8 Å². The van der Waals surface area contributed by atoms with Crippen LogP contribution in [0, 0.1) is 0 Å². The summed E-state index contributed by atoms with van der Waals surface area (Å²) in [6.45, 7) is 0.998. The van der Waals surface area contributed by atoms with Crippen molar-refractivity contribution < 1.29 is 22.8 Å². The first kappa shape index (κ1) is 32.3. The van der Waals surface area contributed by atoms with Gasteiger partial charge in [-0.25, -0.2) is 9.97 Å². The van der Waals surface area contributed by atoms with Crippen LogP contribution in [0.4, 0.5) is 13.2 Å². The second kappa shape index (κ2) is 14.4. The quantitative estimate of drug-likeness (QED) is 0.165. The van der Waals surface area contributed by atoms with Gasteiger partial charge in [-0.1, -0.05) is 60.7 Å². The number of fused-ring (bicyclic) bond motifs is 1. The highest BCUT2D eigenvalue weighted by molar-refractivity contribution is 5.95. The molecule has 0 bridgehead atoms. The Morgan fingerprint density at radius 2 is 1.48 bits per heavy atom. The average Bonchev–Trinajstić information content (AvgIpc) is 3.12. The van der Waals surface area contributed by atoms with E-state index in [1.807, 2.05) is 54.6 Å². The van der Waals surface area contributed by atoms with E-state index in [0.29, 0.717) is 30.9 Å². The molecule has 3 aromatic carbocycles. The molecular formula is C38H32F3N5O2. The number of hydrogen-bond donors (Lipinski definition) is 0. The van der Waals surface area contributed by atoms with Crippen LogP contribution in [0.15, 0.2) is 122 Å². The molecule has 0 spiro atoms. The molecule has 242 valence electrons. The number of hydrogen-bond acceptors (Lipinski definition) is 5. The Hall–Kier alpha value is -5.64. The van der Waals surface area contributed by atoms with Crippen molar-refractivity contribution in [3.05, 3.63) is 156 Å². The SMILES string of the molecule is O=C(C(Cc1ncccn1)N(Cc1ccc(-c2ccncc2)cc1)C(=O)/C=C/c1ccc(C(F)(F)F)cc1)N1CCc2ccccc2C1. The van der Waals surface area contributed by atoms with Crippen LogP contribution in [0.25, 0.3) is 17.2 Å². The Morgan fingerprint density at radius 1 is 0.812 bits per heavy atom. The minimum Gasteiger partial charge on any atom is -0.336 e. The summed E-state index contributed by atoms with van der Waals surface area (Å²) in [7, 11) is 0. The van der Waals surface area contributed by atoms with E-state index in [1.165, 1.54) is 34.7 Å². The van der Waals surface area contributed by atoms with Crippen molar-refractivity contribution in [2.45, 2.75) is 38.1 Å². The molecule has 1 unspecified atom stereocenters. The number of amides is 2. The van der Waals surface area contributed by atoms with E-state index in [-0.39, 0.29) is 18.9 Å². The third kappa shape index (κ3) is 7.83. The number of halogens is 3. The number of nitrogens with zero attached hydrogens (tertiary/aromatic N) is 5. The zero-order valence-corrected chi connectivity index (χ0v) is 25.9. The minimum atomic E-state index is -4.47. The van der Waals surface area contributed by atoms with Gasteiger partial charge in [0.05, 0.1) is 5.56 Å². The summed E-state index contributed by atoms with van der Waals surface area (Å²) in [6.07, 6.45) is 5.67. The highest BCUT2D eigenvalue weighted by atomic mass is 19.4. The molecule has 0 saturated heterocycles. The van der Waals surface area contributed by atoms with Crippen molar-refractivity contribution >= 4 is 17.9 Å². The summed E-state index contributed by atoms with van der Waals surface area (Å²) >= 11 is 0. The minimum absolute atomic E-state index is 0.0762. The van der Waals surface area contributed by atoms with Crippen LogP contribution in [-0.2, 0) is 41.7 Å². The number of aromatic nitrogens is 3. The number of alkyl halides is 3. The molecule has 48 heavy (non-hydrogen) atoms. The fourth-order valence-electron chi connectivity index (χ4n) is 5.77. The first-order valence-electron chi connectivity index (χ1n) is 15.5. The fourth-order valence-corrected chi connectivity index (χ4v) is 5.77. The number of carbonyl (C=O) groups is 2.